The topological polar surface area (TPSA) is 42.0 Å². The Hall–Kier alpha value is -1.75. The summed E-state index contributed by atoms with van der Waals surface area (Å²) in [5, 5.41) is 0. The van der Waals surface area contributed by atoms with Crippen molar-refractivity contribution in [1.29, 1.82) is 0 Å². The monoisotopic (exact) mass is 304 g/mol. The molecule has 0 N–H and O–H groups in total. The standard InChI is InChI=1S/C17H24N2O3/c1-3-18-13-17(22-12-16(18)20)8-10-19(11-9-17)14-4-6-15(21-2)7-5-14/h4-7H,3,8-13H2,1-2H3. The molecule has 1 aromatic carbocycles. The minimum absolute atomic E-state index is 0.116. The lowest BCUT2D eigenvalue weighted by Crippen LogP contribution is -2.58. The Morgan fingerprint density at radius 1 is 1.23 bits per heavy atom. The summed E-state index contributed by atoms with van der Waals surface area (Å²) in [7, 11) is 1.68. The third-order valence-corrected chi connectivity index (χ3v) is 4.83. The summed E-state index contributed by atoms with van der Waals surface area (Å²) >= 11 is 0. The van der Waals surface area contributed by atoms with Crippen molar-refractivity contribution in [3.05, 3.63) is 24.3 Å². The fraction of sp³-hybridized carbons (Fsp3) is 0.588. The van der Waals surface area contributed by atoms with E-state index in [9.17, 15) is 4.79 Å². The number of methoxy groups -OCH3 is 1. The molecular weight excluding hydrogens is 280 g/mol. The number of amides is 1. The summed E-state index contributed by atoms with van der Waals surface area (Å²) in [6.07, 6.45) is 1.92. The van der Waals surface area contributed by atoms with Crippen molar-refractivity contribution >= 4 is 11.6 Å². The lowest BCUT2D eigenvalue weighted by Gasteiger charge is -2.47. The Bertz CT molecular complexity index is 521. The fourth-order valence-electron chi connectivity index (χ4n) is 3.34. The van der Waals surface area contributed by atoms with E-state index >= 15 is 0 Å². The van der Waals surface area contributed by atoms with Crippen LogP contribution in [0.5, 0.6) is 5.75 Å². The zero-order valence-electron chi connectivity index (χ0n) is 13.4. The molecule has 2 heterocycles. The van der Waals surface area contributed by atoms with Crippen LogP contribution in [0.1, 0.15) is 19.8 Å². The van der Waals surface area contributed by atoms with E-state index in [2.05, 4.69) is 17.0 Å². The van der Waals surface area contributed by atoms with Gasteiger partial charge >= 0.3 is 0 Å². The minimum Gasteiger partial charge on any atom is -0.497 e. The number of likely N-dealkylation sites (N-methyl/N-ethyl adjacent to an activating group) is 1. The van der Waals surface area contributed by atoms with Gasteiger partial charge in [0.2, 0.25) is 5.91 Å². The van der Waals surface area contributed by atoms with Crippen LogP contribution in [0.15, 0.2) is 24.3 Å². The number of hydrogen-bond acceptors (Lipinski definition) is 4. The number of ether oxygens (including phenoxy) is 2. The number of morpholine rings is 1. The lowest BCUT2D eigenvalue weighted by molar-refractivity contribution is -0.166. The highest BCUT2D eigenvalue weighted by atomic mass is 16.5. The third kappa shape index (κ3) is 2.90. The Balaban J connectivity index is 1.63. The van der Waals surface area contributed by atoms with Crippen LogP contribution >= 0.6 is 0 Å². The van der Waals surface area contributed by atoms with Crippen LogP contribution in [-0.2, 0) is 9.53 Å². The van der Waals surface area contributed by atoms with E-state index < -0.39 is 0 Å². The first kappa shape index (κ1) is 15.2. The fourth-order valence-corrected chi connectivity index (χ4v) is 3.34. The average Bonchev–Trinajstić information content (AvgIpc) is 2.58. The zero-order chi connectivity index (χ0) is 15.6. The highest BCUT2D eigenvalue weighted by Crippen LogP contribution is 2.32. The van der Waals surface area contributed by atoms with E-state index in [1.165, 1.54) is 5.69 Å². The van der Waals surface area contributed by atoms with E-state index in [4.69, 9.17) is 9.47 Å². The Morgan fingerprint density at radius 2 is 1.91 bits per heavy atom. The molecule has 1 aromatic rings. The molecule has 2 aliphatic rings. The van der Waals surface area contributed by atoms with Gasteiger partial charge in [0.15, 0.2) is 0 Å². The molecule has 0 atom stereocenters. The molecule has 120 valence electrons. The van der Waals surface area contributed by atoms with Crippen molar-refractivity contribution in [3.8, 4) is 5.75 Å². The molecular formula is C17H24N2O3. The average molecular weight is 304 g/mol. The smallest absolute Gasteiger partial charge is 0.248 e. The molecule has 0 saturated carbocycles. The number of piperidine rings is 1. The van der Waals surface area contributed by atoms with Gasteiger partial charge in [0.1, 0.15) is 12.4 Å². The van der Waals surface area contributed by atoms with Crippen LogP contribution in [0.25, 0.3) is 0 Å². The first-order valence-corrected chi connectivity index (χ1v) is 7.96. The van der Waals surface area contributed by atoms with E-state index in [1.54, 1.807) is 7.11 Å². The van der Waals surface area contributed by atoms with E-state index in [0.717, 1.165) is 44.8 Å². The second-order valence-electron chi connectivity index (χ2n) is 6.06. The van der Waals surface area contributed by atoms with E-state index in [1.807, 2.05) is 24.0 Å². The molecule has 0 radical (unpaired) electrons. The van der Waals surface area contributed by atoms with Crippen molar-refractivity contribution < 1.29 is 14.3 Å². The SMILES string of the molecule is CCN1CC2(CCN(c3ccc(OC)cc3)CC2)OCC1=O. The van der Waals surface area contributed by atoms with Gasteiger partial charge in [-0.1, -0.05) is 0 Å². The largest absolute Gasteiger partial charge is 0.497 e. The van der Waals surface area contributed by atoms with Crippen LogP contribution in [0.2, 0.25) is 0 Å². The number of carbonyl (C=O) groups is 1. The van der Waals surface area contributed by atoms with E-state index in [0.29, 0.717) is 0 Å². The first-order chi connectivity index (χ1) is 10.7. The summed E-state index contributed by atoms with van der Waals surface area (Å²) in [4.78, 5) is 16.1. The van der Waals surface area contributed by atoms with E-state index in [-0.39, 0.29) is 18.1 Å². The maximum Gasteiger partial charge on any atom is 0.248 e. The van der Waals surface area contributed by atoms with Gasteiger partial charge in [0, 0.05) is 31.9 Å². The second kappa shape index (κ2) is 6.16. The summed E-state index contributed by atoms with van der Waals surface area (Å²) in [5.74, 6) is 0.996. The molecule has 5 heteroatoms. The summed E-state index contributed by atoms with van der Waals surface area (Å²) in [6.45, 7) is 5.68. The van der Waals surface area contributed by atoms with Gasteiger partial charge in [-0.25, -0.2) is 0 Å². The van der Waals surface area contributed by atoms with Crippen LogP contribution in [0.3, 0.4) is 0 Å². The molecule has 2 fully saturated rings. The second-order valence-corrected chi connectivity index (χ2v) is 6.06. The highest BCUT2D eigenvalue weighted by Gasteiger charge is 2.41. The maximum absolute atomic E-state index is 11.8. The summed E-state index contributed by atoms with van der Waals surface area (Å²) in [5.41, 5.74) is 1.07. The van der Waals surface area contributed by atoms with Crippen molar-refractivity contribution in [3.63, 3.8) is 0 Å². The Kier molecular flexibility index (Phi) is 4.25. The van der Waals surface area contributed by atoms with Crippen molar-refractivity contribution in [2.45, 2.75) is 25.4 Å². The highest BCUT2D eigenvalue weighted by molar-refractivity contribution is 5.78. The van der Waals surface area contributed by atoms with Gasteiger partial charge in [-0.3, -0.25) is 4.79 Å². The van der Waals surface area contributed by atoms with Crippen molar-refractivity contribution in [1.82, 2.24) is 4.90 Å². The van der Waals surface area contributed by atoms with Crippen LogP contribution in [0, 0.1) is 0 Å². The number of anilines is 1. The molecule has 0 unspecified atom stereocenters. The van der Waals surface area contributed by atoms with Gasteiger partial charge in [-0.2, -0.15) is 0 Å². The van der Waals surface area contributed by atoms with Crippen LogP contribution in [0.4, 0.5) is 5.69 Å². The van der Waals surface area contributed by atoms with Gasteiger partial charge in [-0.05, 0) is 44.0 Å². The lowest BCUT2D eigenvalue weighted by atomic mass is 9.89. The molecule has 0 bridgehead atoms. The number of carbonyl (C=O) groups excluding carboxylic acids is 1. The van der Waals surface area contributed by atoms with Gasteiger partial charge in [0.05, 0.1) is 12.7 Å². The molecule has 1 amide bonds. The Morgan fingerprint density at radius 3 is 2.50 bits per heavy atom. The summed E-state index contributed by atoms with van der Waals surface area (Å²) < 4.78 is 11.1. The molecule has 0 aliphatic carbocycles. The number of benzene rings is 1. The van der Waals surface area contributed by atoms with Gasteiger partial charge in [-0.15, -0.1) is 0 Å². The van der Waals surface area contributed by atoms with Crippen molar-refractivity contribution in [2.75, 3.05) is 44.8 Å². The molecule has 1 spiro atoms. The predicted molar refractivity (Wildman–Crippen MR) is 85.4 cm³/mol. The third-order valence-electron chi connectivity index (χ3n) is 4.83. The Labute approximate surface area is 131 Å². The van der Waals surface area contributed by atoms with Crippen LogP contribution in [-0.4, -0.2) is 56.3 Å². The molecule has 5 nitrogen and oxygen atoms in total. The first-order valence-electron chi connectivity index (χ1n) is 7.96. The maximum atomic E-state index is 11.8. The molecule has 22 heavy (non-hydrogen) atoms. The quantitative estimate of drug-likeness (QED) is 0.855. The molecule has 0 aromatic heterocycles. The minimum atomic E-state index is -0.146. The zero-order valence-corrected chi connectivity index (χ0v) is 13.4. The normalized spacial score (nSPS) is 21.3. The van der Waals surface area contributed by atoms with Gasteiger partial charge in [0.25, 0.3) is 0 Å². The number of nitrogens with zero attached hydrogens (tertiary/aromatic N) is 2. The number of hydrogen-bond donors (Lipinski definition) is 0. The van der Waals surface area contributed by atoms with Gasteiger partial charge < -0.3 is 19.3 Å². The molecule has 2 aliphatic heterocycles. The van der Waals surface area contributed by atoms with Crippen LogP contribution < -0.4 is 9.64 Å². The molecule has 3 rings (SSSR count). The molecule has 2 saturated heterocycles. The summed E-state index contributed by atoms with van der Waals surface area (Å²) in [6, 6.07) is 8.18. The van der Waals surface area contributed by atoms with Crippen molar-refractivity contribution in [2.24, 2.45) is 0 Å². The predicted octanol–water partition coefficient (Wildman–Crippen LogP) is 1.91. The number of rotatable bonds is 3.